The average Bonchev–Trinajstić information content (AvgIpc) is 2.30. The number of hydrogen-bond donors (Lipinski definition) is 0. The Morgan fingerprint density at radius 3 is 2.40 bits per heavy atom. The van der Waals surface area contributed by atoms with Crippen molar-refractivity contribution in [3.63, 3.8) is 0 Å². The van der Waals surface area contributed by atoms with Crippen LogP contribution in [-0.4, -0.2) is 13.2 Å². The molecule has 15 heavy (non-hydrogen) atoms. The molecule has 84 valence electrons. The molecule has 1 fully saturated rings. The van der Waals surface area contributed by atoms with E-state index in [1.165, 1.54) is 37.7 Å². The Morgan fingerprint density at radius 1 is 1.27 bits per heavy atom. The van der Waals surface area contributed by atoms with Crippen LogP contribution in [0.1, 0.15) is 32.1 Å². The molecule has 0 spiro atoms. The molecule has 0 radical (unpaired) electrons. The lowest BCUT2D eigenvalue weighted by Crippen LogP contribution is -2.26. The van der Waals surface area contributed by atoms with Crippen LogP contribution in [0.2, 0.25) is 0 Å². The molecule has 0 aromatic carbocycles. The van der Waals surface area contributed by atoms with Crippen LogP contribution in [0.4, 0.5) is 0 Å². The Labute approximate surface area is 93.5 Å². The summed E-state index contributed by atoms with van der Waals surface area (Å²) in [6.45, 7) is 7.58. The van der Waals surface area contributed by atoms with Gasteiger partial charge in [-0.05, 0) is 24.3 Å². The first kappa shape index (κ1) is 12.3. The Kier molecular flexibility index (Phi) is 5.41. The first-order chi connectivity index (χ1) is 7.33. The van der Waals surface area contributed by atoms with E-state index in [-0.39, 0.29) is 6.10 Å². The van der Waals surface area contributed by atoms with Gasteiger partial charge in [0, 0.05) is 7.11 Å². The maximum Gasteiger partial charge on any atom is 0.0849 e. The summed E-state index contributed by atoms with van der Waals surface area (Å²) in [5, 5.41) is 0. The van der Waals surface area contributed by atoms with Gasteiger partial charge in [-0.3, -0.25) is 0 Å². The molecule has 1 saturated carbocycles. The minimum absolute atomic E-state index is 0.209. The highest BCUT2D eigenvalue weighted by atomic mass is 16.5. The van der Waals surface area contributed by atoms with Crippen molar-refractivity contribution in [2.45, 2.75) is 38.2 Å². The molecular weight excluding hydrogens is 184 g/mol. The summed E-state index contributed by atoms with van der Waals surface area (Å²) in [5.41, 5.74) is 1.17. The monoisotopic (exact) mass is 206 g/mol. The summed E-state index contributed by atoms with van der Waals surface area (Å²) >= 11 is 0. The summed E-state index contributed by atoms with van der Waals surface area (Å²) in [5.74, 6) is 0.660. The predicted octanol–water partition coefficient (Wildman–Crippen LogP) is 3.88. The normalized spacial score (nSPS) is 21.0. The van der Waals surface area contributed by atoms with Gasteiger partial charge in [0.15, 0.2) is 0 Å². The Balaban J connectivity index is 2.70. The predicted molar refractivity (Wildman–Crippen MR) is 65.8 cm³/mol. The lowest BCUT2D eigenvalue weighted by molar-refractivity contribution is 0.0658. The second kappa shape index (κ2) is 6.62. The number of hydrogen-bond acceptors (Lipinski definition) is 1. The van der Waals surface area contributed by atoms with Gasteiger partial charge in [-0.2, -0.15) is 0 Å². The van der Waals surface area contributed by atoms with Gasteiger partial charge in [0.1, 0.15) is 0 Å². The van der Waals surface area contributed by atoms with E-state index in [1.54, 1.807) is 7.11 Å². The van der Waals surface area contributed by atoms with Crippen molar-refractivity contribution in [3.8, 4) is 0 Å². The summed E-state index contributed by atoms with van der Waals surface area (Å²) < 4.78 is 5.61. The average molecular weight is 206 g/mol. The summed E-state index contributed by atoms with van der Waals surface area (Å²) in [6.07, 6.45) is 12.5. The third-order valence-corrected chi connectivity index (χ3v) is 3.21. The first-order valence-electron chi connectivity index (χ1n) is 5.81. The van der Waals surface area contributed by atoms with Gasteiger partial charge < -0.3 is 4.74 Å². The molecule has 0 N–H and O–H groups in total. The van der Waals surface area contributed by atoms with Gasteiger partial charge in [-0.15, -0.1) is 0 Å². The molecule has 1 unspecified atom stereocenters. The van der Waals surface area contributed by atoms with E-state index >= 15 is 0 Å². The second-order valence-corrected chi connectivity index (χ2v) is 4.16. The van der Waals surface area contributed by atoms with Crippen LogP contribution >= 0.6 is 0 Å². The third kappa shape index (κ3) is 3.35. The molecule has 1 aliphatic rings. The Morgan fingerprint density at radius 2 is 1.93 bits per heavy atom. The number of methoxy groups -OCH3 is 1. The molecule has 0 aliphatic heterocycles. The highest BCUT2D eigenvalue weighted by molar-refractivity contribution is 5.26. The van der Waals surface area contributed by atoms with Crippen LogP contribution in [-0.2, 0) is 4.74 Å². The van der Waals surface area contributed by atoms with Crippen molar-refractivity contribution in [1.82, 2.24) is 0 Å². The van der Waals surface area contributed by atoms with Crippen LogP contribution in [0.5, 0.6) is 0 Å². The molecule has 1 aliphatic carbocycles. The van der Waals surface area contributed by atoms with Crippen molar-refractivity contribution >= 4 is 0 Å². The van der Waals surface area contributed by atoms with E-state index in [0.717, 1.165) is 0 Å². The molecule has 1 heteroatoms. The van der Waals surface area contributed by atoms with Crippen LogP contribution in [0.3, 0.4) is 0 Å². The standard InChI is InChI=1S/C14H22O/c1-4-9-12(5-2)14(15-3)13-10-7-6-8-11-13/h4-5,9,13-14H,1-2,6-8,10-11H2,3H3/b12-9+. The summed E-state index contributed by atoms with van der Waals surface area (Å²) in [4.78, 5) is 0. The molecule has 0 heterocycles. The van der Waals surface area contributed by atoms with E-state index in [0.29, 0.717) is 5.92 Å². The van der Waals surface area contributed by atoms with E-state index in [9.17, 15) is 0 Å². The van der Waals surface area contributed by atoms with E-state index < -0.39 is 0 Å². The van der Waals surface area contributed by atoms with Gasteiger partial charge in [0.05, 0.1) is 6.10 Å². The first-order valence-corrected chi connectivity index (χ1v) is 5.81. The molecule has 0 bridgehead atoms. The van der Waals surface area contributed by atoms with Crippen molar-refractivity contribution < 1.29 is 4.74 Å². The molecule has 1 rings (SSSR count). The molecule has 0 aromatic heterocycles. The van der Waals surface area contributed by atoms with Crippen molar-refractivity contribution in [2.24, 2.45) is 5.92 Å². The van der Waals surface area contributed by atoms with Gasteiger partial charge >= 0.3 is 0 Å². The quantitative estimate of drug-likeness (QED) is 0.620. The number of allylic oxidation sites excluding steroid dienone is 2. The highest BCUT2D eigenvalue weighted by Gasteiger charge is 2.24. The Bertz CT molecular complexity index is 234. The third-order valence-electron chi connectivity index (χ3n) is 3.21. The zero-order valence-corrected chi connectivity index (χ0v) is 9.74. The fourth-order valence-corrected chi connectivity index (χ4v) is 2.45. The zero-order valence-electron chi connectivity index (χ0n) is 9.74. The van der Waals surface area contributed by atoms with Crippen LogP contribution in [0.15, 0.2) is 37.0 Å². The largest absolute Gasteiger partial charge is 0.376 e. The minimum Gasteiger partial charge on any atom is -0.376 e. The lowest BCUT2D eigenvalue weighted by atomic mass is 9.82. The lowest BCUT2D eigenvalue weighted by Gasteiger charge is -2.30. The van der Waals surface area contributed by atoms with Gasteiger partial charge in [-0.1, -0.05) is 50.6 Å². The van der Waals surface area contributed by atoms with Crippen molar-refractivity contribution in [1.29, 1.82) is 0 Å². The van der Waals surface area contributed by atoms with Crippen LogP contribution in [0, 0.1) is 5.92 Å². The van der Waals surface area contributed by atoms with Gasteiger partial charge in [0.2, 0.25) is 0 Å². The van der Waals surface area contributed by atoms with Crippen LogP contribution < -0.4 is 0 Å². The maximum absolute atomic E-state index is 5.61. The van der Waals surface area contributed by atoms with Gasteiger partial charge in [0.25, 0.3) is 0 Å². The number of rotatable bonds is 5. The topological polar surface area (TPSA) is 9.23 Å². The second-order valence-electron chi connectivity index (χ2n) is 4.16. The SMILES string of the molecule is C=C/C=C(\C=C)C(OC)C1CCCCC1. The fourth-order valence-electron chi connectivity index (χ4n) is 2.45. The molecule has 1 atom stereocenters. The highest BCUT2D eigenvalue weighted by Crippen LogP contribution is 2.31. The van der Waals surface area contributed by atoms with E-state index in [1.807, 2.05) is 18.2 Å². The molecule has 1 nitrogen and oxygen atoms in total. The van der Waals surface area contributed by atoms with E-state index in [2.05, 4.69) is 13.2 Å². The fraction of sp³-hybridized carbons (Fsp3) is 0.571. The Hall–Kier alpha value is -0.820. The molecular formula is C14H22O. The zero-order chi connectivity index (χ0) is 11.1. The molecule has 0 amide bonds. The summed E-state index contributed by atoms with van der Waals surface area (Å²) in [6, 6.07) is 0. The molecule has 0 saturated heterocycles. The maximum atomic E-state index is 5.61. The molecule has 0 aromatic rings. The minimum atomic E-state index is 0.209. The van der Waals surface area contributed by atoms with Crippen molar-refractivity contribution in [2.75, 3.05) is 7.11 Å². The van der Waals surface area contributed by atoms with E-state index in [4.69, 9.17) is 4.74 Å². The number of ether oxygens (including phenoxy) is 1. The van der Waals surface area contributed by atoms with Crippen molar-refractivity contribution in [3.05, 3.63) is 37.0 Å². The summed E-state index contributed by atoms with van der Waals surface area (Å²) in [7, 11) is 1.79. The van der Waals surface area contributed by atoms with Crippen LogP contribution in [0.25, 0.3) is 0 Å². The smallest absolute Gasteiger partial charge is 0.0849 e. The van der Waals surface area contributed by atoms with Gasteiger partial charge in [-0.25, -0.2) is 0 Å².